The Morgan fingerprint density at radius 2 is 2.03 bits per heavy atom. The summed E-state index contributed by atoms with van der Waals surface area (Å²) in [4.78, 5) is 30.0. The van der Waals surface area contributed by atoms with Gasteiger partial charge in [-0.25, -0.2) is 0 Å². The molecule has 8 heteroatoms. The summed E-state index contributed by atoms with van der Waals surface area (Å²) in [5, 5.41) is 2.06. The van der Waals surface area contributed by atoms with Gasteiger partial charge < -0.3 is 24.0 Å². The van der Waals surface area contributed by atoms with Crippen LogP contribution in [0, 0.1) is 0 Å². The average molecular weight is 447 g/mol. The average Bonchev–Trinajstić information content (AvgIpc) is 3.26. The maximum absolute atomic E-state index is 13.2. The van der Waals surface area contributed by atoms with E-state index in [2.05, 4.69) is 11.4 Å². The first-order chi connectivity index (χ1) is 15.0. The van der Waals surface area contributed by atoms with Crippen molar-refractivity contribution in [3.8, 4) is 11.5 Å². The molecule has 2 aromatic rings. The Labute approximate surface area is 187 Å². The van der Waals surface area contributed by atoms with Gasteiger partial charge in [-0.05, 0) is 42.0 Å². The fourth-order valence-electron chi connectivity index (χ4n) is 3.74. The van der Waals surface area contributed by atoms with Crippen molar-refractivity contribution in [2.75, 3.05) is 47.1 Å². The van der Waals surface area contributed by atoms with Gasteiger partial charge in [0.05, 0.1) is 19.7 Å². The lowest BCUT2D eigenvalue weighted by atomic mass is 10.0. The minimum atomic E-state index is -0.193. The third kappa shape index (κ3) is 5.98. The van der Waals surface area contributed by atoms with E-state index in [1.807, 2.05) is 29.2 Å². The van der Waals surface area contributed by atoms with Crippen LogP contribution < -0.4 is 9.47 Å². The molecular weight excluding hydrogens is 416 g/mol. The van der Waals surface area contributed by atoms with Gasteiger partial charge in [0.1, 0.15) is 18.1 Å². The molecular formula is C23H30N2O5S. The zero-order valence-electron chi connectivity index (χ0n) is 18.3. The summed E-state index contributed by atoms with van der Waals surface area (Å²) in [6.45, 7) is 3.56. The monoisotopic (exact) mass is 446 g/mol. The number of carbonyl (C=O) groups is 2. The normalized spacial score (nSPS) is 15.3. The molecule has 31 heavy (non-hydrogen) atoms. The molecule has 0 radical (unpaired) electrons. The van der Waals surface area contributed by atoms with Gasteiger partial charge in [0.2, 0.25) is 11.8 Å². The number of benzene rings is 1. The fraction of sp³-hybridized carbons (Fsp3) is 0.478. The minimum Gasteiger partial charge on any atom is -0.497 e. The Balaban J connectivity index is 1.72. The Bertz CT molecular complexity index is 884. The third-order valence-electron chi connectivity index (χ3n) is 5.41. The lowest BCUT2D eigenvalue weighted by molar-refractivity contribution is -0.142. The molecule has 0 saturated heterocycles. The van der Waals surface area contributed by atoms with Crippen LogP contribution >= 0.6 is 11.3 Å². The zero-order valence-corrected chi connectivity index (χ0v) is 19.2. The summed E-state index contributed by atoms with van der Waals surface area (Å²) in [5.41, 5.74) is 1.13. The second kappa shape index (κ2) is 11.2. The van der Waals surface area contributed by atoms with E-state index in [1.165, 1.54) is 11.8 Å². The highest BCUT2D eigenvalue weighted by atomic mass is 32.1. The van der Waals surface area contributed by atoms with Gasteiger partial charge in [-0.1, -0.05) is 6.07 Å². The molecule has 0 N–H and O–H groups in total. The summed E-state index contributed by atoms with van der Waals surface area (Å²) in [7, 11) is 3.24. The van der Waals surface area contributed by atoms with Crippen molar-refractivity contribution in [2.45, 2.75) is 25.8 Å². The molecule has 1 aromatic carbocycles. The van der Waals surface area contributed by atoms with Gasteiger partial charge in [0.15, 0.2) is 0 Å². The highest BCUT2D eigenvalue weighted by molar-refractivity contribution is 7.10. The summed E-state index contributed by atoms with van der Waals surface area (Å²) in [6, 6.07) is 9.32. The van der Waals surface area contributed by atoms with Gasteiger partial charge in [-0.2, -0.15) is 0 Å². The van der Waals surface area contributed by atoms with Gasteiger partial charge in [-0.3, -0.25) is 9.59 Å². The third-order valence-corrected chi connectivity index (χ3v) is 6.41. The molecule has 0 fully saturated rings. The standard InChI is InChI=1S/C23H30N2O5S/c1-17(26)24(10-5-12-28-2)15-23(27)25-11-8-22-20(9-13-31-22)21(25)16-30-19-7-4-6-18(14-19)29-3/h4,6-7,9,13-14,21H,5,8,10-12,15-16H2,1-3H3/t21-/m0/s1. The van der Waals surface area contributed by atoms with E-state index in [0.717, 1.165) is 17.7 Å². The molecule has 168 valence electrons. The van der Waals surface area contributed by atoms with Crippen LogP contribution in [-0.4, -0.2) is 68.7 Å². The number of fused-ring (bicyclic) bond motifs is 1. The van der Waals surface area contributed by atoms with Crippen molar-refractivity contribution >= 4 is 23.2 Å². The van der Waals surface area contributed by atoms with Crippen molar-refractivity contribution in [2.24, 2.45) is 0 Å². The number of methoxy groups -OCH3 is 2. The number of hydrogen-bond acceptors (Lipinski definition) is 6. The van der Waals surface area contributed by atoms with E-state index in [0.29, 0.717) is 38.5 Å². The Morgan fingerprint density at radius 1 is 1.23 bits per heavy atom. The second-order valence-electron chi connectivity index (χ2n) is 7.43. The van der Waals surface area contributed by atoms with Crippen LogP contribution in [0.1, 0.15) is 29.8 Å². The summed E-state index contributed by atoms with van der Waals surface area (Å²) in [6.07, 6.45) is 1.51. The summed E-state index contributed by atoms with van der Waals surface area (Å²) in [5.74, 6) is 1.24. The Morgan fingerprint density at radius 3 is 2.77 bits per heavy atom. The molecule has 1 atom stereocenters. The van der Waals surface area contributed by atoms with Crippen LogP contribution in [0.5, 0.6) is 11.5 Å². The lowest BCUT2D eigenvalue weighted by Crippen LogP contribution is -2.47. The molecule has 2 amide bonds. The van der Waals surface area contributed by atoms with Crippen molar-refractivity contribution in [3.05, 3.63) is 46.2 Å². The van der Waals surface area contributed by atoms with E-state index in [9.17, 15) is 9.59 Å². The molecule has 0 unspecified atom stereocenters. The number of nitrogens with zero attached hydrogens (tertiary/aromatic N) is 2. The molecule has 0 bridgehead atoms. The number of thiophene rings is 1. The SMILES string of the molecule is COCCCN(CC(=O)N1CCc2sccc2[C@@H]1COc1cccc(OC)c1)C(C)=O. The summed E-state index contributed by atoms with van der Waals surface area (Å²) < 4.78 is 16.4. The number of rotatable bonds is 10. The van der Waals surface area contributed by atoms with E-state index in [-0.39, 0.29) is 24.4 Å². The Hall–Kier alpha value is -2.58. The van der Waals surface area contributed by atoms with Crippen LogP contribution in [0.2, 0.25) is 0 Å². The molecule has 1 aliphatic rings. The first kappa shape index (κ1) is 23.1. The number of hydrogen-bond donors (Lipinski definition) is 0. The number of amides is 2. The molecule has 2 heterocycles. The first-order valence-corrected chi connectivity index (χ1v) is 11.3. The molecule has 0 saturated carbocycles. The topological polar surface area (TPSA) is 68.3 Å². The van der Waals surface area contributed by atoms with Crippen LogP contribution in [0.25, 0.3) is 0 Å². The largest absolute Gasteiger partial charge is 0.497 e. The van der Waals surface area contributed by atoms with Gasteiger partial charge in [0, 0.05) is 44.7 Å². The van der Waals surface area contributed by atoms with Crippen LogP contribution in [-0.2, 0) is 20.7 Å². The molecule has 1 aromatic heterocycles. The highest BCUT2D eigenvalue weighted by Crippen LogP contribution is 2.34. The predicted octanol–water partition coefficient (Wildman–Crippen LogP) is 3.15. The maximum atomic E-state index is 13.2. The quantitative estimate of drug-likeness (QED) is 0.525. The van der Waals surface area contributed by atoms with Crippen LogP contribution in [0.15, 0.2) is 35.7 Å². The summed E-state index contributed by atoms with van der Waals surface area (Å²) >= 11 is 1.71. The first-order valence-electron chi connectivity index (χ1n) is 10.4. The molecule has 0 aliphatic carbocycles. The smallest absolute Gasteiger partial charge is 0.242 e. The van der Waals surface area contributed by atoms with Gasteiger partial charge >= 0.3 is 0 Å². The van der Waals surface area contributed by atoms with Crippen molar-refractivity contribution in [3.63, 3.8) is 0 Å². The predicted molar refractivity (Wildman–Crippen MR) is 120 cm³/mol. The van der Waals surface area contributed by atoms with Crippen LogP contribution in [0.4, 0.5) is 0 Å². The number of ether oxygens (including phenoxy) is 3. The van der Waals surface area contributed by atoms with Gasteiger partial charge in [-0.15, -0.1) is 11.3 Å². The van der Waals surface area contributed by atoms with Crippen molar-refractivity contribution < 1.29 is 23.8 Å². The number of carbonyl (C=O) groups excluding carboxylic acids is 2. The van der Waals surface area contributed by atoms with Crippen molar-refractivity contribution in [1.29, 1.82) is 0 Å². The minimum absolute atomic E-state index is 0.0637. The Kier molecular flexibility index (Phi) is 8.31. The molecule has 1 aliphatic heterocycles. The molecule has 3 rings (SSSR count). The highest BCUT2D eigenvalue weighted by Gasteiger charge is 2.33. The molecule has 7 nitrogen and oxygen atoms in total. The van der Waals surface area contributed by atoms with E-state index < -0.39 is 0 Å². The maximum Gasteiger partial charge on any atom is 0.242 e. The van der Waals surface area contributed by atoms with E-state index >= 15 is 0 Å². The molecule has 0 spiro atoms. The second-order valence-corrected chi connectivity index (χ2v) is 8.43. The lowest BCUT2D eigenvalue weighted by Gasteiger charge is -2.37. The zero-order chi connectivity index (χ0) is 22.2. The van der Waals surface area contributed by atoms with Gasteiger partial charge in [0.25, 0.3) is 0 Å². The van der Waals surface area contributed by atoms with E-state index in [1.54, 1.807) is 30.5 Å². The van der Waals surface area contributed by atoms with Crippen molar-refractivity contribution in [1.82, 2.24) is 9.80 Å². The van der Waals surface area contributed by atoms with Crippen LogP contribution in [0.3, 0.4) is 0 Å². The fourth-order valence-corrected chi connectivity index (χ4v) is 4.67. The van der Waals surface area contributed by atoms with E-state index in [4.69, 9.17) is 14.2 Å².